The summed E-state index contributed by atoms with van der Waals surface area (Å²) < 4.78 is 34.8. The fraction of sp³-hybridized carbons (Fsp3) is 0.235. The first-order valence-corrected chi connectivity index (χ1v) is 9.49. The van der Waals surface area contributed by atoms with Crippen LogP contribution in [0.25, 0.3) is 0 Å². The lowest BCUT2D eigenvalue weighted by molar-refractivity contribution is -0.385. The number of nitro benzene ring substituents is 1. The highest BCUT2D eigenvalue weighted by Crippen LogP contribution is 2.32. The molecule has 0 aliphatic rings. The summed E-state index contributed by atoms with van der Waals surface area (Å²) in [6.45, 7) is 3.69. The Hall–Kier alpha value is -3.34. The van der Waals surface area contributed by atoms with Gasteiger partial charge in [-0.1, -0.05) is 0 Å². The molecule has 0 aromatic heterocycles. The van der Waals surface area contributed by atoms with Crippen molar-refractivity contribution in [1.29, 1.82) is 0 Å². The number of nitro groups is 1. The molecular weight excluding hydrogens is 390 g/mol. The summed E-state index contributed by atoms with van der Waals surface area (Å²) in [6, 6.07) is 7.76. The monoisotopic (exact) mass is 409 g/mol. The number of rotatable bonds is 8. The summed E-state index contributed by atoms with van der Waals surface area (Å²) in [7, 11) is -2.74. The largest absolute Gasteiger partial charge is 0.504 e. The summed E-state index contributed by atoms with van der Waals surface area (Å²) in [4.78, 5) is 12.3. The van der Waals surface area contributed by atoms with E-state index in [0.717, 1.165) is 18.3 Å². The third kappa shape index (κ3) is 5.10. The summed E-state index contributed by atoms with van der Waals surface area (Å²) in [6.07, 6.45) is 0.868. The molecule has 0 amide bonds. The Morgan fingerprint density at radius 1 is 1.25 bits per heavy atom. The lowest BCUT2D eigenvalue weighted by Gasteiger charge is -2.10. The van der Waals surface area contributed by atoms with Gasteiger partial charge in [0.15, 0.2) is 11.5 Å². The van der Waals surface area contributed by atoms with Crippen LogP contribution in [0.15, 0.2) is 46.4 Å². The molecule has 0 fully saturated rings. The van der Waals surface area contributed by atoms with Gasteiger partial charge in [0.1, 0.15) is 5.75 Å². The first-order valence-electron chi connectivity index (χ1n) is 8.01. The Labute approximate surface area is 161 Å². The summed E-state index contributed by atoms with van der Waals surface area (Å²) >= 11 is 0. The highest BCUT2D eigenvalue weighted by atomic mass is 32.2. The molecule has 0 aliphatic heterocycles. The van der Waals surface area contributed by atoms with Crippen molar-refractivity contribution in [2.45, 2.75) is 24.8 Å². The topological polar surface area (TPSA) is 140 Å². The molecule has 2 aromatic rings. The number of phenols is 1. The van der Waals surface area contributed by atoms with Gasteiger partial charge in [-0.25, -0.2) is 4.83 Å². The normalized spacial score (nSPS) is 11.6. The second kappa shape index (κ2) is 8.57. The van der Waals surface area contributed by atoms with Crippen LogP contribution in [0.5, 0.6) is 17.2 Å². The molecule has 0 saturated heterocycles. The first kappa shape index (κ1) is 21.0. The molecule has 0 heterocycles. The Morgan fingerprint density at radius 2 is 1.89 bits per heavy atom. The van der Waals surface area contributed by atoms with Crippen LogP contribution in [0.4, 0.5) is 5.69 Å². The van der Waals surface area contributed by atoms with E-state index in [1.54, 1.807) is 0 Å². The van der Waals surface area contributed by atoms with Crippen LogP contribution in [0.3, 0.4) is 0 Å². The number of aromatic hydroxyl groups is 1. The molecule has 0 aliphatic carbocycles. The quantitative estimate of drug-likeness (QED) is 0.387. The number of phenolic OH excluding ortho intramolecular Hbond substituents is 1. The Kier molecular flexibility index (Phi) is 6.41. The maximum absolute atomic E-state index is 12.3. The smallest absolute Gasteiger partial charge is 0.282 e. The first-order chi connectivity index (χ1) is 13.1. The van der Waals surface area contributed by atoms with Crippen molar-refractivity contribution in [3.63, 3.8) is 0 Å². The van der Waals surface area contributed by atoms with Crippen molar-refractivity contribution in [2.24, 2.45) is 5.10 Å². The van der Waals surface area contributed by atoms with Crippen LogP contribution in [0, 0.1) is 10.1 Å². The molecule has 0 unspecified atom stereocenters. The van der Waals surface area contributed by atoms with Gasteiger partial charge in [-0.3, -0.25) is 10.1 Å². The third-order valence-corrected chi connectivity index (χ3v) is 4.65. The van der Waals surface area contributed by atoms with E-state index < -0.39 is 20.6 Å². The second-order valence-corrected chi connectivity index (χ2v) is 7.49. The summed E-state index contributed by atoms with van der Waals surface area (Å²) in [5, 5.41) is 24.5. The molecule has 0 atom stereocenters. The minimum Gasteiger partial charge on any atom is -0.504 e. The number of sulfonamides is 1. The number of nitrogens with one attached hydrogen (secondary N) is 1. The van der Waals surface area contributed by atoms with Gasteiger partial charge < -0.3 is 14.6 Å². The van der Waals surface area contributed by atoms with E-state index in [1.165, 1.54) is 31.4 Å². The van der Waals surface area contributed by atoms with E-state index in [0.29, 0.717) is 5.75 Å². The number of methoxy groups -OCH3 is 1. The lowest BCUT2D eigenvalue weighted by atomic mass is 10.1. The highest BCUT2D eigenvalue weighted by Gasteiger charge is 2.18. The van der Waals surface area contributed by atoms with Gasteiger partial charge in [0.05, 0.1) is 40.9 Å². The van der Waals surface area contributed by atoms with Crippen LogP contribution < -0.4 is 14.3 Å². The van der Waals surface area contributed by atoms with Gasteiger partial charge >= 0.3 is 0 Å². The van der Waals surface area contributed by atoms with Crippen molar-refractivity contribution in [3.8, 4) is 17.2 Å². The summed E-state index contributed by atoms with van der Waals surface area (Å²) in [5.41, 5.74) is -0.514. The molecule has 0 saturated carbocycles. The average Bonchev–Trinajstić information content (AvgIpc) is 2.61. The highest BCUT2D eigenvalue weighted by molar-refractivity contribution is 7.89. The van der Waals surface area contributed by atoms with E-state index in [9.17, 15) is 23.6 Å². The molecule has 0 bridgehead atoms. The van der Waals surface area contributed by atoms with Crippen molar-refractivity contribution in [1.82, 2.24) is 4.83 Å². The predicted molar refractivity (Wildman–Crippen MR) is 101 cm³/mol. The van der Waals surface area contributed by atoms with E-state index in [2.05, 4.69) is 5.10 Å². The molecule has 0 spiro atoms. The zero-order valence-electron chi connectivity index (χ0n) is 15.3. The van der Waals surface area contributed by atoms with Crippen LogP contribution in [0.2, 0.25) is 0 Å². The zero-order valence-corrected chi connectivity index (χ0v) is 16.1. The van der Waals surface area contributed by atoms with E-state index in [4.69, 9.17) is 9.47 Å². The molecule has 28 heavy (non-hydrogen) atoms. The van der Waals surface area contributed by atoms with Crippen LogP contribution in [-0.4, -0.2) is 37.9 Å². The van der Waals surface area contributed by atoms with Crippen molar-refractivity contribution in [2.75, 3.05) is 7.11 Å². The van der Waals surface area contributed by atoms with E-state index in [-0.39, 0.29) is 28.1 Å². The number of ether oxygens (including phenoxy) is 2. The van der Waals surface area contributed by atoms with Crippen LogP contribution in [-0.2, 0) is 10.0 Å². The van der Waals surface area contributed by atoms with E-state index in [1.807, 2.05) is 18.7 Å². The fourth-order valence-corrected chi connectivity index (χ4v) is 2.98. The SMILES string of the molecule is COc1cc([N+](=O)[O-])c(/C=N/NS(=O)(=O)c2ccc(OC(C)C)cc2)cc1O. The Bertz CT molecular complexity index is 987. The molecule has 0 radical (unpaired) electrons. The molecule has 10 nitrogen and oxygen atoms in total. The Balaban J connectivity index is 2.21. The third-order valence-electron chi connectivity index (χ3n) is 3.41. The molecular formula is C17H19N3O7S. The van der Waals surface area contributed by atoms with Crippen LogP contribution in [0.1, 0.15) is 19.4 Å². The van der Waals surface area contributed by atoms with Crippen molar-refractivity contribution < 1.29 is 27.9 Å². The zero-order chi connectivity index (χ0) is 20.9. The van der Waals surface area contributed by atoms with Gasteiger partial charge in [0.25, 0.3) is 15.7 Å². The maximum Gasteiger partial charge on any atom is 0.282 e. The number of benzene rings is 2. The number of hydrogen-bond donors (Lipinski definition) is 2. The molecule has 2 aromatic carbocycles. The van der Waals surface area contributed by atoms with Gasteiger partial charge in [0, 0.05) is 0 Å². The van der Waals surface area contributed by atoms with Crippen molar-refractivity contribution in [3.05, 3.63) is 52.1 Å². The van der Waals surface area contributed by atoms with Gasteiger partial charge in [0.2, 0.25) is 0 Å². The molecule has 150 valence electrons. The van der Waals surface area contributed by atoms with E-state index >= 15 is 0 Å². The summed E-state index contributed by atoms with van der Waals surface area (Å²) in [5.74, 6) is 0.0769. The standard InChI is InChI=1S/C17H19N3O7S/c1-11(2)27-13-4-6-14(7-5-13)28(24,25)19-18-10-12-8-16(21)17(26-3)9-15(12)20(22)23/h4-11,19,21H,1-3H3/b18-10+. The Morgan fingerprint density at radius 3 is 2.43 bits per heavy atom. The van der Waals surface area contributed by atoms with Gasteiger partial charge in [-0.2, -0.15) is 13.5 Å². The van der Waals surface area contributed by atoms with Crippen LogP contribution >= 0.6 is 0 Å². The van der Waals surface area contributed by atoms with Gasteiger partial charge in [-0.15, -0.1) is 0 Å². The second-order valence-electron chi connectivity index (χ2n) is 5.83. The predicted octanol–water partition coefficient (Wildman–Crippen LogP) is 2.41. The lowest BCUT2D eigenvalue weighted by Crippen LogP contribution is -2.18. The van der Waals surface area contributed by atoms with Crippen molar-refractivity contribution >= 4 is 21.9 Å². The molecule has 11 heteroatoms. The molecule has 2 N–H and O–H groups in total. The maximum atomic E-state index is 12.3. The number of nitrogens with zero attached hydrogens (tertiary/aromatic N) is 2. The molecule has 2 rings (SSSR count). The number of hydrazone groups is 1. The fourth-order valence-electron chi connectivity index (χ4n) is 2.19. The number of hydrogen-bond acceptors (Lipinski definition) is 8. The minimum absolute atomic E-state index is 0.0538. The minimum atomic E-state index is -3.99. The average molecular weight is 409 g/mol. The van der Waals surface area contributed by atoms with Gasteiger partial charge in [-0.05, 0) is 44.2 Å².